The van der Waals surface area contributed by atoms with E-state index in [2.05, 4.69) is 4.98 Å². The van der Waals surface area contributed by atoms with Crippen LogP contribution in [0.15, 0.2) is 53.3 Å². The summed E-state index contributed by atoms with van der Waals surface area (Å²) in [7, 11) is 0. The molecule has 0 unspecified atom stereocenters. The Balaban J connectivity index is 0.000000487. The fraction of sp³-hybridized carbons (Fsp3) is 0.263. The van der Waals surface area contributed by atoms with Crippen LogP contribution >= 0.6 is 0 Å². The van der Waals surface area contributed by atoms with Gasteiger partial charge in [0.15, 0.2) is 0 Å². The molecule has 3 aromatic rings. The van der Waals surface area contributed by atoms with Gasteiger partial charge in [0.25, 0.3) is 5.91 Å². The minimum Gasteiger partial charge on any atom is -0.305 e. The second kappa shape index (κ2) is 7.64. The number of aromatic amines is 1. The zero-order valence-electron chi connectivity index (χ0n) is 14.5. The van der Waals surface area contributed by atoms with Crippen LogP contribution in [0.4, 0.5) is 11.4 Å². The van der Waals surface area contributed by atoms with Crippen LogP contribution in [0.5, 0.6) is 0 Å². The highest BCUT2D eigenvalue weighted by molar-refractivity contribution is 6.09. The summed E-state index contributed by atoms with van der Waals surface area (Å²) in [5, 5.41) is 0. The van der Waals surface area contributed by atoms with Gasteiger partial charge in [-0.05, 0) is 24.3 Å². The van der Waals surface area contributed by atoms with E-state index in [1.54, 1.807) is 4.90 Å². The molecule has 1 aromatic heterocycles. The number of imidazole rings is 1. The lowest BCUT2D eigenvalue weighted by molar-refractivity contribution is -0.118. The summed E-state index contributed by atoms with van der Waals surface area (Å²) in [6, 6.07) is 15.0. The van der Waals surface area contributed by atoms with Crippen LogP contribution in [0.25, 0.3) is 11.0 Å². The van der Waals surface area contributed by atoms with Gasteiger partial charge in [0.05, 0.1) is 16.7 Å². The van der Waals surface area contributed by atoms with E-state index in [0.717, 1.165) is 22.4 Å². The molecule has 5 nitrogen and oxygen atoms in total. The molecule has 126 valence electrons. The first-order chi connectivity index (χ1) is 11.8. The Bertz CT molecular complexity index is 879. The van der Waals surface area contributed by atoms with Crippen LogP contribution in [-0.4, -0.2) is 15.5 Å². The van der Waals surface area contributed by atoms with E-state index in [9.17, 15) is 9.59 Å². The van der Waals surface area contributed by atoms with Crippen LogP contribution in [0.3, 0.4) is 0 Å². The Hall–Kier alpha value is -2.82. The third kappa shape index (κ3) is 2.85. The number of nitrogens with zero attached hydrogens (tertiary/aromatic N) is 2. The van der Waals surface area contributed by atoms with Gasteiger partial charge in [0.1, 0.15) is 6.54 Å². The van der Waals surface area contributed by atoms with Gasteiger partial charge in [-0.15, -0.1) is 0 Å². The lowest BCUT2D eigenvalue weighted by atomic mass is 10.1. The Morgan fingerprint density at radius 1 is 0.875 bits per heavy atom. The Morgan fingerprint density at radius 2 is 1.54 bits per heavy atom. The molecule has 0 saturated carbocycles. The average molecular weight is 325 g/mol. The second-order valence-corrected chi connectivity index (χ2v) is 4.75. The summed E-state index contributed by atoms with van der Waals surface area (Å²) in [5.74, 6) is -0.113. The highest BCUT2D eigenvalue weighted by Crippen LogP contribution is 2.34. The predicted molar refractivity (Wildman–Crippen MR) is 98.8 cm³/mol. The highest BCUT2D eigenvalue weighted by atomic mass is 16.2. The van der Waals surface area contributed by atoms with Gasteiger partial charge in [0, 0.05) is 5.69 Å². The maximum Gasteiger partial charge on any atom is 0.327 e. The fourth-order valence-corrected chi connectivity index (χ4v) is 2.73. The second-order valence-electron chi connectivity index (χ2n) is 4.75. The van der Waals surface area contributed by atoms with Crippen molar-refractivity contribution in [1.29, 1.82) is 0 Å². The fourth-order valence-electron chi connectivity index (χ4n) is 2.73. The summed E-state index contributed by atoms with van der Waals surface area (Å²) < 4.78 is 1.49. The van der Waals surface area contributed by atoms with Crippen LogP contribution in [0.2, 0.25) is 0 Å². The topological polar surface area (TPSA) is 58.1 Å². The molecule has 0 saturated heterocycles. The number of para-hydroxylation sites is 2. The number of hydrogen-bond acceptors (Lipinski definition) is 2. The summed E-state index contributed by atoms with van der Waals surface area (Å²) >= 11 is 0. The van der Waals surface area contributed by atoms with E-state index in [4.69, 9.17) is 0 Å². The van der Waals surface area contributed by atoms with E-state index in [1.165, 1.54) is 4.57 Å². The summed E-state index contributed by atoms with van der Waals surface area (Å²) in [6.45, 7) is 8.06. The molecule has 5 heteroatoms. The van der Waals surface area contributed by atoms with Crippen molar-refractivity contribution in [2.24, 2.45) is 0 Å². The zero-order valence-corrected chi connectivity index (χ0v) is 14.5. The van der Waals surface area contributed by atoms with Crippen molar-refractivity contribution in [1.82, 2.24) is 9.55 Å². The van der Waals surface area contributed by atoms with Crippen LogP contribution in [-0.2, 0) is 11.3 Å². The molecule has 1 amide bonds. The lowest BCUT2D eigenvalue weighted by Gasteiger charge is -2.28. The maximum atomic E-state index is 12.4. The van der Waals surface area contributed by atoms with Crippen molar-refractivity contribution in [3.05, 3.63) is 59.0 Å². The van der Waals surface area contributed by atoms with E-state index in [0.29, 0.717) is 0 Å². The largest absolute Gasteiger partial charge is 0.327 e. The first-order valence-electron chi connectivity index (χ1n) is 8.35. The van der Waals surface area contributed by atoms with Crippen LogP contribution < -0.4 is 10.6 Å². The van der Waals surface area contributed by atoms with Gasteiger partial charge in [-0.3, -0.25) is 14.3 Å². The van der Waals surface area contributed by atoms with Crippen molar-refractivity contribution in [2.45, 2.75) is 34.2 Å². The summed E-state index contributed by atoms with van der Waals surface area (Å²) in [5.41, 5.74) is 2.84. The van der Waals surface area contributed by atoms with Crippen molar-refractivity contribution in [2.75, 3.05) is 4.90 Å². The van der Waals surface area contributed by atoms with Gasteiger partial charge >= 0.3 is 5.69 Å². The molecule has 1 aliphatic heterocycles. The normalized spacial score (nSPS) is 12.2. The van der Waals surface area contributed by atoms with Gasteiger partial charge < -0.3 is 4.98 Å². The standard InChI is InChI=1S/C15H11N3O2.2C2H6/c19-13-9-17-14-11(16-15(17)20)7-4-8-12(14)18(13)10-5-2-1-3-6-10;2*1-2/h1-8H,9H2,(H,16,20);2*1-2H3. The number of rotatable bonds is 1. The van der Waals surface area contributed by atoms with Crippen molar-refractivity contribution >= 4 is 28.3 Å². The number of nitrogens with one attached hydrogen (secondary N) is 1. The molecule has 24 heavy (non-hydrogen) atoms. The van der Waals surface area contributed by atoms with Gasteiger partial charge in [-0.25, -0.2) is 4.79 Å². The van der Waals surface area contributed by atoms with Gasteiger partial charge in [-0.2, -0.15) is 0 Å². The molecular weight excluding hydrogens is 302 g/mol. The number of aromatic nitrogens is 2. The first kappa shape index (κ1) is 17.5. The molecule has 1 aliphatic rings. The molecule has 0 atom stereocenters. The average Bonchev–Trinajstić information content (AvgIpc) is 2.96. The third-order valence-corrected chi connectivity index (χ3v) is 3.57. The lowest BCUT2D eigenvalue weighted by Crippen LogP contribution is -2.36. The molecule has 2 heterocycles. The van der Waals surface area contributed by atoms with E-state index in [-0.39, 0.29) is 18.1 Å². The number of H-pyrrole nitrogens is 1. The third-order valence-electron chi connectivity index (χ3n) is 3.57. The number of hydrogen-bond donors (Lipinski definition) is 1. The quantitative estimate of drug-likeness (QED) is 0.733. The highest BCUT2D eigenvalue weighted by Gasteiger charge is 2.28. The smallest absolute Gasteiger partial charge is 0.305 e. The molecule has 0 spiro atoms. The minimum atomic E-state index is -0.242. The molecule has 4 rings (SSSR count). The summed E-state index contributed by atoms with van der Waals surface area (Å²) in [6.07, 6.45) is 0. The Morgan fingerprint density at radius 3 is 2.21 bits per heavy atom. The number of benzene rings is 2. The Kier molecular flexibility index (Phi) is 5.58. The maximum absolute atomic E-state index is 12.4. The minimum absolute atomic E-state index is 0.0603. The van der Waals surface area contributed by atoms with Crippen molar-refractivity contribution in [3.63, 3.8) is 0 Å². The SMILES string of the molecule is CC.CC.O=C1Cn2c(=O)[nH]c3cccc(c32)N1c1ccccc1. The zero-order chi connectivity index (χ0) is 17.7. The number of carbonyl (C=O) groups is 1. The van der Waals surface area contributed by atoms with Crippen molar-refractivity contribution in [3.8, 4) is 0 Å². The van der Waals surface area contributed by atoms with Crippen molar-refractivity contribution < 1.29 is 4.79 Å². The monoisotopic (exact) mass is 325 g/mol. The number of carbonyl (C=O) groups excluding carboxylic acids is 1. The molecule has 1 N–H and O–H groups in total. The first-order valence-corrected chi connectivity index (χ1v) is 8.35. The molecule has 0 bridgehead atoms. The molecular formula is C19H23N3O2. The van der Waals surface area contributed by atoms with E-state index >= 15 is 0 Å². The Labute approximate surface area is 141 Å². The molecule has 2 aromatic carbocycles. The summed E-state index contributed by atoms with van der Waals surface area (Å²) in [4.78, 5) is 28.7. The van der Waals surface area contributed by atoms with Crippen LogP contribution in [0.1, 0.15) is 27.7 Å². The number of anilines is 2. The van der Waals surface area contributed by atoms with E-state index < -0.39 is 0 Å². The van der Waals surface area contributed by atoms with Gasteiger partial charge in [-0.1, -0.05) is 52.0 Å². The van der Waals surface area contributed by atoms with E-state index in [1.807, 2.05) is 76.2 Å². The molecule has 0 aliphatic carbocycles. The predicted octanol–water partition coefficient (Wildman–Crippen LogP) is 4.06. The van der Waals surface area contributed by atoms with Gasteiger partial charge in [0.2, 0.25) is 0 Å². The molecule has 0 fully saturated rings. The number of amides is 1. The van der Waals surface area contributed by atoms with Crippen LogP contribution in [0, 0.1) is 0 Å². The molecule has 0 radical (unpaired) electrons.